The number of thiazole rings is 1. The summed E-state index contributed by atoms with van der Waals surface area (Å²) in [6, 6.07) is 5.90. The normalized spacial score (nSPS) is 10.4. The first-order valence-corrected chi connectivity index (χ1v) is 5.98. The molecule has 0 radical (unpaired) electrons. The van der Waals surface area contributed by atoms with Crippen LogP contribution in [0.4, 0.5) is 11.4 Å². The molecule has 0 atom stereocenters. The number of anilines is 2. The average Bonchev–Trinajstić information content (AvgIpc) is 2.66. The Morgan fingerprint density at radius 3 is 2.88 bits per heavy atom. The van der Waals surface area contributed by atoms with Crippen LogP contribution in [0.25, 0.3) is 0 Å². The maximum Gasteiger partial charge on any atom is 0.0897 e. The van der Waals surface area contributed by atoms with Crippen LogP contribution in [-0.2, 0) is 6.54 Å². The maximum atomic E-state index is 5.75. The number of nitrogen functional groups attached to an aromatic ring is 1. The van der Waals surface area contributed by atoms with Crippen molar-refractivity contribution < 1.29 is 0 Å². The molecule has 0 aliphatic carbocycles. The number of hydrogen-bond acceptors (Lipinski definition) is 4. The lowest BCUT2D eigenvalue weighted by atomic mass is 10.2. The van der Waals surface area contributed by atoms with E-state index in [0.717, 1.165) is 22.9 Å². The Bertz CT molecular complexity index is 491. The first-order chi connectivity index (χ1) is 7.65. The van der Waals surface area contributed by atoms with Gasteiger partial charge >= 0.3 is 0 Å². The van der Waals surface area contributed by atoms with Gasteiger partial charge in [-0.2, -0.15) is 0 Å². The summed E-state index contributed by atoms with van der Waals surface area (Å²) in [6.07, 6.45) is 1.91. The molecule has 3 N–H and O–H groups in total. The van der Waals surface area contributed by atoms with Crippen LogP contribution in [0.1, 0.15) is 15.4 Å². The van der Waals surface area contributed by atoms with Crippen LogP contribution < -0.4 is 11.1 Å². The van der Waals surface area contributed by atoms with Gasteiger partial charge in [0.2, 0.25) is 0 Å². The third-order valence-corrected chi connectivity index (χ3v) is 3.30. The molecule has 4 heteroatoms. The lowest BCUT2D eigenvalue weighted by Gasteiger charge is -2.08. The number of nitrogens with two attached hydrogens (primary N) is 1. The lowest BCUT2D eigenvalue weighted by molar-refractivity contribution is 1.16. The van der Waals surface area contributed by atoms with E-state index in [9.17, 15) is 0 Å². The highest BCUT2D eigenvalue weighted by Crippen LogP contribution is 2.20. The summed E-state index contributed by atoms with van der Waals surface area (Å²) in [6.45, 7) is 4.88. The predicted molar refractivity (Wildman–Crippen MR) is 69.8 cm³/mol. The Balaban J connectivity index is 2.07. The second-order valence-electron chi connectivity index (χ2n) is 3.77. The van der Waals surface area contributed by atoms with Gasteiger partial charge in [-0.3, -0.25) is 0 Å². The molecule has 1 aromatic heterocycles. The molecule has 0 spiro atoms. The van der Waals surface area contributed by atoms with E-state index in [1.54, 1.807) is 11.3 Å². The predicted octanol–water partition coefficient (Wildman–Crippen LogP) is 2.95. The average molecular weight is 233 g/mol. The van der Waals surface area contributed by atoms with E-state index >= 15 is 0 Å². The smallest absolute Gasteiger partial charge is 0.0897 e. The summed E-state index contributed by atoms with van der Waals surface area (Å²) >= 11 is 1.71. The van der Waals surface area contributed by atoms with Crippen LogP contribution in [0.3, 0.4) is 0 Å². The largest absolute Gasteiger partial charge is 0.399 e. The fourth-order valence-corrected chi connectivity index (χ4v) is 2.23. The monoisotopic (exact) mass is 233 g/mol. The van der Waals surface area contributed by atoms with Gasteiger partial charge in [-0.05, 0) is 31.5 Å². The van der Waals surface area contributed by atoms with Crippen LogP contribution in [0, 0.1) is 13.8 Å². The first-order valence-electron chi connectivity index (χ1n) is 5.16. The third kappa shape index (κ3) is 2.52. The zero-order chi connectivity index (χ0) is 11.5. The molecule has 0 fully saturated rings. The summed E-state index contributed by atoms with van der Waals surface area (Å²) in [5, 5.41) is 4.47. The van der Waals surface area contributed by atoms with Crippen molar-refractivity contribution >= 4 is 22.7 Å². The van der Waals surface area contributed by atoms with Gasteiger partial charge in [-0.25, -0.2) is 4.98 Å². The fourth-order valence-electron chi connectivity index (χ4n) is 1.50. The quantitative estimate of drug-likeness (QED) is 0.801. The lowest BCUT2D eigenvalue weighted by Crippen LogP contribution is -2.00. The molecule has 0 saturated heterocycles. The SMILES string of the molecule is Cc1ncc(CNc2cc(N)ccc2C)s1. The van der Waals surface area contributed by atoms with Gasteiger partial charge in [-0.15, -0.1) is 11.3 Å². The Kier molecular flexibility index (Phi) is 3.10. The Morgan fingerprint density at radius 1 is 1.38 bits per heavy atom. The Hall–Kier alpha value is -1.55. The summed E-state index contributed by atoms with van der Waals surface area (Å²) < 4.78 is 0. The number of nitrogens with zero attached hydrogens (tertiary/aromatic N) is 1. The van der Waals surface area contributed by atoms with Gasteiger partial charge in [0.25, 0.3) is 0 Å². The number of aromatic nitrogens is 1. The molecule has 84 valence electrons. The van der Waals surface area contributed by atoms with Gasteiger partial charge < -0.3 is 11.1 Å². The zero-order valence-electron chi connectivity index (χ0n) is 9.45. The van der Waals surface area contributed by atoms with Gasteiger partial charge in [0.05, 0.1) is 11.6 Å². The van der Waals surface area contributed by atoms with E-state index in [4.69, 9.17) is 5.73 Å². The van der Waals surface area contributed by atoms with Gasteiger partial charge in [0.1, 0.15) is 0 Å². The van der Waals surface area contributed by atoms with Crippen LogP contribution in [-0.4, -0.2) is 4.98 Å². The summed E-state index contributed by atoms with van der Waals surface area (Å²) in [5.41, 5.74) is 8.83. The molecule has 2 rings (SSSR count). The van der Waals surface area contributed by atoms with Gasteiger partial charge in [0, 0.05) is 22.4 Å². The third-order valence-electron chi connectivity index (χ3n) is 2.38. The molecule has 3 nitrogen and oxygen atoms in total. The molecule has 2 aromatic rings. The van der Waals surface area contributed by atoms with Crippen LogP contribution in [0.2, 0.25) is 0 Å². The van der Waals surface area contributed by atoms with Crippen molar-refractivity contribution in [2.24, 2.45) is 0 Å². The highest BCUT2D eigenvalue weighted by atomic mass is 32.1. The first kappa shape index (κ1) is 11.0. The van der Waals surface area contributed by atoms with Gasteiger partial charge in [-0.1, -0.05) is 6.07 Å². The maximum absolute atomic E-state index is 5.75. The molecular weight excluding hydrogens is 218 g/mol. The van der Waals surface area contributed by atoms with Crippen molar-refractivity contribution in [2.75, 3.05) is 11.1 Å². The molecule has 0 aliphatic heterocycles. The van der Waals surface area contributed by atoms with Crippen molar-refractivity contribution in [2.45, 2.75) is 20.4 Å². The number of rotatable bonds is 3. The second kappa shape index (κ2) is 4.53. The van der Waals surface area contributed by atoms with E-state index in [2.05, 4.69) is 17.2 Å². The zero-order valence-corrected chi connectivity index (χ0v) is 10.3. The number of nitrogens with one attached hydrogen (secondary N) is 1. The highest BCUT2D eigenvalue weighted by Gasteiger charge is 2.01. The van der Waals surface area contributed by atoms with Crippen molar-refractivity contribution in [3.63, 3.8) is 0 Å². The molecule has 0 aliphatic rings. The second-order valence-corrected chi connectivity index (χ2v) is 5.09. The van der Waals surface area contributed by atoms with Gasteiger partial charge in [0.15, 0.2) is 0 Å². The van der Waals surface area contributed by atoms with Crippen molar-refractivity contribution in [3.05, 3.63) is 39.8 Å². The summed E-state index contributed by atoms with van der Waals surface area (Å²) in [5.74, 6) is 0. The molecule has 16 heavy (non-hydrogen) atoms. The minimum Gasteiger partial charge on any atom is -0.399 e. The van der Waals surface area contributed by atoms with Crippen LogP contribution in [0.15, 0.2) is 24.4 Å². The summed E-state index contributed by atoms with van der Waals surface area (Å²) in [4.78, 5) is 5.46. The van der Waals surface area contributed by atoms with Crippen LogP contribution in [0.5, 0.6) is 0 Å². The van der Waals surface area contributed by atoms with E-state index in [1.807, 2.05) is 31.3 Å². The fraction of sp³-hybridized carbons (Fsp3) is 0.250. The van der Waals surface area contributed by atoms with Crippen molar-refractivity contribution in [1.82, 2.24) is 4.98 Å². The molecule has 1 aromatic carbocycles. The van der Waals surface area contributed by atoms with E-state index < -0.39 is 0 Å². The number of benzene rings is 1. The van der Waals surface area contributed by atoms with E-state index in [1.165, 1.54) is 10.4 Å². The molecule has 0 amide bonds. The van der Waals surface area contributed by atoms with Crippen molar-refractivity contribution in [1.29, 1.82) is 0 Å². The molecule has 0 bridgehead atoms. The van der Waals surface area contributed by atoms with Crippen molar-refractivity contribution in [3.8, 4) is 0 Å². The molecular formula is C12H15N3S. The molecule has 0 unspecified atom stereocenters. The van der Waals surface area contributed by atoms with E-state index in [-0.39, 0.29) is 0 Å². The standard InChI is InChI=1S/C12H15N3S/c1-8-3-4-10(13)5-12(8)15-7-11-6-14-9(2)16-11/h3-6,15H,7,13H2,1-2H3. The number of aryl methyl sites for hydroxylation is 2. The highest BCUT2D eigenvalue weighted by molar-refractivity contribution is 7.11. The Labute approximate surface area is 99.3 Å². The van der Waals surface area contributed by atoms with E-state index in [0.29, 0.717) is 0 Å². The molecule has 1 heterocycles. The Morgan fingerprint density at radius 2 is 2.19 bits per heavy atom. The minimum atomic E-state index is 0.786. The molecule has 0 saturated carbocycles. The topological polar surface area (TPSA) is 50.9 Å². The van der Waals surface area contributed by atoms with Crippen LogP contribution >= 0.6 is 11.3 Å². The minimum absolute atomic E-state index is 0.786. The summed E-state index contributed by atoms with van der Waals surface area (Å²) in [7, 11) is 0. The number of hydrogen-bond donors (Lipinski definition) is 2.